The third-order valence-electron chi connectivity index (χ3n) is 3.16. The molecule has 88 valence electrons. The summed E-state index contributed by atoms with van der Waals surface area (Å²) in [4.78, 5) is 0. The van der Waals surface area contributed by atoms with E-state index in [9.17, 15) is 8.42 Å². The maximum atomic E-state index is 11.4. The molecule has 5 heteroatoms. The molecule has 2 aliphatic rings. The van der Waals surface area contributed by atoms with E-state index in [2.05, 4.69) is 5.32 Å². The van der Waals surface area contributed by atoms with Crippen LogP contribution in [0.4, 0.5) is 0 Å². The Morgan fingerprint density at radius 3 is 2.47 bits per heavy atom. The first-order valence-electron chi connectivity index (χ1n) is 5.70. The molecule has 0 aromatic carbocycles. The molecule has 2 saturated heterocycles. The third kappa shape index (κ3) is 3.43. The van der Waals surface area contributed by atoms with Crippen LogP contribution in [0.2, 0.25) is 0 Å². The Morgan fingerprint density at radius 1 is 1.07 bits per heavy atom. The quantitative estimate of drug-likeness (QED) is 0.747. The van der Waals surface area contributed by atoms with Crippen molar-refractivity contribution in [2.75, 3.05) is 24.7 Å². The first-order valence-corrected chi connectivity index (χ1v) is 7.52. The summed E-state index contributed by atoms with van der Waals surface area (Å²) in [7, 11) is -2.78. The van der Waals surface area contributed by atoms with Crippen LogP contribution in [0.15, 0.2) is 0 Å². The molecule has 2 aliphatic heterocycles. The summed E-state index contributed by atoms with van der Waals surface area (Å²) in [6.45, 7) is 1.61. The van der Waals surface area contributed by atoms with E-state index in [-0.39, 0.29) is 6.04 Å². The molecular weight excluding hydrogens is 214 g/mol. The topological polar surface area (TPSA) is 55.4 Å². The van der Waals surface area contributed by atoms with Crippen LogP contribution in [0.5, 0.6) is 0 Å². The minimum absolute atomic E-state index is 0.173. The van der Waals surface area contributed by atoms with Gasteiger partial charge >= 0.3 is 0 Å². The maximum absolute atomic E-state index is 11.4. The average Bonchev–Trinajstić information content (AvgIpc) is 2.17. The van der Waals surface area contributed by atoms with Gasteiger partial charge in [-0.05, 0) is 25.7 Å². The van der Waals surface area contributed by atoms with Gasteiger partial charge in [0.25, 0.3) is 0 Å². The number of rotatable bonds is 2. The van der Waals surface area contributed by atoms with Crippen LogP contribution in [0.25, 0.3) is 0 Å². The lowest BCUT2D eigenvalue weighted by Crippen LogP contribution is -2.47. The number of sulfone groups is 1. The molecule has 4 nitrogen and oxygen atoms in total. The fraction of sp³-hybridized carbons (Fsp3) is 1.00. The van der Waals surface area contributed by atoms with Gasteiger partial charge in [-0.15, -0.1) is 0 Å². The molecule has 0 bridgehead atoms. The standard InChI is InChI=1S/C10H19NO3S/c12-15(13)7-1-2-10(8-15)11-9-3-5-14-6-4-9/h9-11H,1-8H2. The lowest BCUT2D eigenvalue weighted by Gasteiger charge is -2.30. The first kappa shape index (κ1) is 11.4. The van der Waals surface area contributed by atoms with Crippen LogP contribution in [0.1, 0.15) is 25.7 Å². The molecule has 0 spiro atoms. The van der Waals surface area contributed by atoms with E-state index in [1.807, 2.05) is 0 Å². The molecule has 1 N–H and O–H groups in total. The highest BCUT2D eigenvalue weighted by Crippen LogP contribution is 2.15. The van der Waals surface area contributed by atoms with Crippen molar-refractivity contribution in [1.29, 1.82) is 0 Å². The van der Waals surface area contributed by atoms with Crippen LogP contribution < -0.4 is 5.32 Å². The van der Waals surface area contributed by atoms with Crippen molar-refractivity contribution in [3.63, 3.8) is 0 Å². The lowest BCUT2D eigenvalue weighted by atomic mass is 10.1. The van der Waals surface area contributed by atoms with E-state index >= 15 is 0 Å². The third-order valence-corrected chi connectivity index (χ3v) is 4.98. The van der Waals surface area contributed by atoms with Gasteiger partial charge in [0.05, 0.1) is 11.5 Å². The Labute approximate surface area is 91.3 Å². The molecule has 1 unspecified atom stereocenters. The van der Waals surface area contributed by atoms with Crippen LogP contribution >= 0.6 is 0 Å². The van der Waals surface area contributed by atoms with Crippen LogP contribution in [-0.4, -0.2) is 45.2 Å². The molecule has 0 amide bonds. The zero-order chi connectivity index (χ0) is 10.7. The summed E-state index contributed by atoms with van der Waals surface area (Å²) in [5, 5.41) is 3.45. The van der Waals surface area contributed by atoms with Crippen molar-refractivity contribution in [3.05, 3.63) is 0 Å². The van der Waals surface area contributed by atoms with Gasteiger partial charge in [0, 0.05) is 25.3 Å². The van der Waals surface area contributed by atoms with Gasteiger partial charge in [-0.3, -0.25) is 0 Å². The van der Waals surface area contributed by atoms with Gasteiger partial charge in [-0.2, -0.15) is 0 Å². The van der Waals surface area contributed by atoms with Crippen molar-refractivity contribution in [2.45, 2.75) is 37.8 Å². The summed E-state index contributed by atoms with van der Waals surface area (Å²) in [5.74, 6) is 0.698. The van der Waals surface area contributed by atoms with Gasteiger partial charge in [0.2, 0.25) is 0 Å². The number of nitrogens with one attached hydrogen (secondary N) is 1. The second-order valence-electron chi connectivity index (χ2n) is 4.51. The molecule has 0 aromatic rings. The van der Waals surface area contributed by atoms with Gasteiger partial charge < -0.3 is 10.1 Å². The molecule has 2 heterocycles. The molecule has 0 aromatic heterocycles. The fourth-order valence-corrected chi connectivity index (χ4v) is 4.00. The van der Waals surface area contributed by atoms with E-state index in [1.165, 1.54) is 0 Å². The van der Waals surface area contributed by atoms with Crippen LogP contribution in [0, 0.1) is 0 Å². The Morgan fingerprint density at radius 2 is 1.80 bits per heavy atom. The summed E-state index contributed by atoms with van der Waals surface area (Å²) in [5.41, 5.74) is 0. The Hall–Kier alpha value is -0.130. The number of ether oxygens (including phenoxy) is 1. The molecular formula is C10H19NO3S. The minimum Gasteiger partial charge on any atom is -0.381 e. The first-order chi connectivity index (χ1) is 7.16. The van der Waals surface area contributed by atoms with E-state index < -0.39 is 9.84 Å². The summed E-state index contributed by atoms with van der Waals surface area (Å²) < 4.78 is 28.1. The van der Waals surface area contributed by atoms with Gasteiger partial charge in [-0.25, -0.2) is 8.42 Å². The second-order valence-corrected chi connectivity index (χ2v) is 6.74. The van der Waals surface area contributed by atoms with Crippen molar-refractivity contribution in [3.8, 4) is 0 Å². The molecule has 0 aliphatic carbocycles. The molecule has 2 fully saturated rings. The Kier molecular flexibility index (Phi) is 3.64. The average molecular weight is 233 g/mol. The smallest absolute Gasteiger partial charge is 0.151 e. The fourth-order valence-electron chi connectivity index (χ4n) is 2.35. The van der Waals surface area contributed by atoms with Crippen molar-refractivity contribution in [2.24, 2.45) is 0 Å². The molecule has 2 rings (SSSR count). The van der Waals surface area contributed by atoms with E-state index in [4.69, 9.17) is 4.74 Å². The summed E-state index contributed by atoms with van der Waals surface area (Å²) in [6.07, 6.45) is 3.83. The number of hydrogen-bond acceptors (Lipinski definition) is 4. The van der Waals surface area contributed by atoms with E-state index in [1.54, 1.807) is 0 Å². The maximum Gasteiger partial charge on any atom is 0.151 e. The van der Waals surface area contributed by atoms with Crippen LogP contribution in [0.3, 0.4) is 0 Å². The van der Waals surface area contributed by atoms with Gasteiger partial charge in [-0.1, -0.05) is 0 Å². The molecule has 0 saturated carbocycles. The molecule has 0 radical (unpaired) electrons. The monoisotopic (exact) mass is 233 g/mol. The Bertz CT molecular complexity index is 296. The lowest BCUT2D eigenvalue weighted by molar-refractivity contribution is 0.0751. The highest BCUT2D eigenvalue weighted by Gasteiger charge is 2.26. The summed E-state index contributed by atoms with van der Waals surface area (Å²) in [6, 6.07) is 0.629. The van der Waals surface area contributed by atoms with E-state index in [0.29, 0.717) is 17.5 Å². The predicted molar refractivity (Wildman–Crippen MR) is 58.7 cm³/mol. The zero-order valence-corrected chi connectivity index (χ0v) is 9.76. The highest BCUT2D eigenvalue weighted by atomic mass is 32.2. The second kappa shape index (κ2) is 4.80. The predicted octanol–water partition coefficient (Wildman–Crippen LogP) is 0.332. The van der Waals surface area contributed by atoms with Crippen molar-refractivity contribution in [1.82, 2.24) is 5.32 Å². The molecule has 15 heavy (non-hydrogen) atoms. The normalized spacial score (nSPS) is 32.7. The minimum atomic E-state index is -2.78. The SMILES string of the molecule is O=S1(=O)CCCC(NC2CCOCC2)C1. The van der Waals surface area contributed by atoms with Gasteiger partial charge in [0.15, 0.2) is 9.84 Å². The van der Waals surface area contributed by atoms with Crippen molar-refractivity contribution < 1.29 is 13.2 Å². The van der Waals surface area contributed by atoms with Crippen molar-refractivity contribution >= 4 is 9.84 Å². The molecule has 1 atom stereocenters. The van der Waals surface area contributed by atoms with Gasteiger partial charge in [0.1, 0.15) is 0 Å². The zero-order valence-electron chi connectivity index (χ0n) is 8.94. The van der Waals surface area contributed by atoms with Crippen LogP contribution in [-0.2, 0) is 14.6 Å². The summed E-state index contributed by atoms with van der Waals surface area (Å²) >= 11 is 0. The van der Waals surface area contributed by atoms with E-state index in [0.717, 1.165) is 38.9 Å². The Balaban J connectivity index is 1.83. The number of hydrogen-bond donors (Lipinski definition) is 1. The highest BCUT2D eigenvalue weighted by molar-refractivity contribution is 7.91. The largest absolute Gasteiger partial charge is 0.381 e.